The fourth-order valence-electron chi connectivity index (χ4n) is 4.87. The Kier molecular flexibility index (Phi) is 4.19. The summed E-state index contributed by atoms with van der Waals surface area (Å²) in [4.78, 5) is 2.86. The van der Waals surface area contributed by atoms with Crippen molar-refractivity contribution in [1.29, 1.82) is 0 Å². The van der Waals surface area contributed by atoms with Crippen LogP contribution in [-0.2, 0) is 0 Å². The highest BCUT2D eigenvalue weighted by Gasteiger charge is 2.43. The molecule has 1 saturated heterocycles. The van der Waals surface area contributed by atoms with Crippen LogP contribution < -0.4 is 5.32 Å². The van der Waals surface area contributed by atoms with Crippen LogP contribution in [0.2, 0.25) is 0 Å². The van der Waals surface area contributed by atoms with Crippen LogP contribution in [0.4, 0.5) is 0 Å². The van der Waals surface area contributed by atoms with Crippen LogP contribution in [0.25, 0.3) is 0 Å². The van der Waals surface area contributed by atoms with E-state index in [4.69, 9.17) is 0 Å². The molecule has 0 radical (unpaired) electrons. The Morgan fingerprint density at radius 3 is 2.32 bits per heavy atom. The zero-order chi connectivity index (χ0) is 13.3. The molecule has 3 fully saturated rings. The summed E-state index contributed by atoms with van der Waals surface area (Å²) in [5.74, 6) is 0.961. The summed E-state index contributed by atoms with van der Waals surface area (Å²) in [5.41, 5.74) is 0.482. The lowest BCUT2D eigenvalue weighted by molar-refractivity contribution is 0.0161. The highest BCUT2D eigenvalue weighted by molar-refractivity contribution is 5.03. The Hall–Kier alpha value is -0.0800. The van der Waals surface area contributed by atoms with Crippen LogP contribution in [-0.4, -0.2) is 35.6 Å². The van der Waals surface area contributed by atoms with Gasteiger partial charge < -0.3 is 5.32 Å². The lowest BCUT2D eigenvalue weighted by Crippen LogP contribution is -2.66. The molecule has 0 amide bonds. The van der Waals surface area contributed by atoms with Crippen molar-refractivity contribution in [2.24, 2.45) is 5.92 Å². The van der Waals surface area contributed by atoms with E-state index in [1.54, 1.807) is 0 Å². The van der Waals surface area contributed by atoms with E-state index in [0.29, 0.717) is 11.6 Å². The minimum atomic E-state index is 0.482. The molecule has 3 rings (SSSR count). The summed E-state index contributed by atoms with van der Waals surface area (Å²) in [7, 11) is 0. The highest BCUT2D eigenvalue weighted by Crippen LogP contribution is 2.37. The molecule has 1 heterocycles. The van der Waals surface area contributed by atoms with E-state index in [1.165, 1.54) is 70.9 Å². The van der Waals surface area contributed by atoms with Crippen LogP contribution in [0, 0.1) is 5.92 Å². The van der Waals surface area contributed by atoms with E-state index >= 15 is 0 Å². The van der Waals surface area contributed by atoms with Gasteiger partial charge in [0.05, 0.1) is 0 Å². The van der Waals surface area contributed by atoms with E-state index in [1.807, 2.05) is 0 Å². The first-order valence-corrected chi connectivity index (χ1v) is 8.71. The summed E-state index contributed by atoms with van der Waals surface area (Å²) in [6, 6.07) is 1.53. The Morgan fingerprint density at radius 2 is 1.68 bits per heavy atom. The molecule has 2 nitrogen and oxygen atoms in total. The highest BCUT2D eigenvalue weighted by atomic mass is 15.3. The van der Waals surface area contributed by atoms with Crippen molar-refractivity contribution in [1.82, 2.24) is 10.2 Å². The standard InChI is InChI=1S/C17H32N2/c1-14(2)19-13-17(10-6-7-11-17)18-12-16(19)15-8-4-3-5-9-15/h14-16,18H,3-13H2,1-2H3. The van der Waals surface area contributed by atoms with E-state index < -0.39 is 0 Å². The van der Waals surface area contributed by atoms with Gasteiger partial charge in [0.15, 0.2) is 0 Å². The Labute approximate surface area is 119 Å². The van der Waals surface area contributed by atoms with Crippen molar-refractivity contribution in [2.45, 2.75) is 89.3 Å². The van der Waals surface area contributed by atoms with Gasteiger partial charge in [-0.1, -0.05) is 32.1 Å². The summed E-state index contributed by atoms with van der Waals surface area (Å²) in [6.45, 7) is 7.38. The molecule has 2 aliphatic carbocycles. The zero-order valence-electron chi connectivity index (χ0n) is 13.0. The molecule has 0 bridgehead atoms. The van der Waals surface area contributed by atoms with Gasteiger partial charge >= 0.3 is 0 Å². The molecule has 0 aromatic heterocycles. The van der Waals surface area contributed by atoms with Crippen LogP contribution in [0.1, 0.15) is 71.6 Å². The van der Waals surface area contributed by atoms with Crippen molar-refractivity contribution in [2.75, 3.05) is 13.1 Å². The second-order valence-electron chi connectivity index (χ2n) is 7.60. The number of rotatable bonds is 2. The van der Waals surface area contributed by atoms with Gasteiger partial charge in [0, 0.05) is 30.7 Å². The first-order chi connectivity index (χ1) is 9.20. The Balaban J connectivity index is 1.70. The molecule has 2 heteroatoms. The number of nitrogens with zero attached hydrogens (tertiary/aromatic N) is 1. The van der Waals surface area contributed by atoms with Crippen LogP contribution in [0.15, 0.2) is 0 Å². The van der Waals surface area contributed by atoms with Crippen LogP contribution in [0.3, 0.4) is 0 Å². The summed E-state index contributed by atoms with van der Waals surface area (Å²) in [5, 5.41) is 3.99. The third-order valence-electron chi connectivity index (χ3n) is 6.02. The number of hydrogen-bond acceptors (Lipinski definition) is 2. The third kappa shape index (κ3) is 2.85. The summed E-state index contributed by atoms with van der Waals surface area (Å²) >= 11 is 0. The number of nitrogens with one attached hydrogen (secondary N) is 1. The quantitative estimate of drug-likeness (QED) is 0.820. The van der Waals surface area contributed by atoms with Gasteiger partial charge in [-0.25, -0.2) is 0 Å². The fourth-order valence-corrected chi connectivity index (χ4v) is 4.87. The van der Waals surface area contributed by atoms with E-state index in [2.05, 4.69) is 24.1 Å². The van der Waals surface area contributed by atoms with Gasteiger partial charge in [-0.15, -0.1) is 0 Å². The maximum absolute atomic E-state index is 3.99. The van der Waals surface area contributed by atoms with Crippen molar-refractivity contribution >= 4 is 0 Å². The first kappa shape index (κ1) is 13.9. The predicted octanol–water partition coefficient (Wildman–Crippen LogP) is 3.56. The number of hydrogen-bond donors (Lipinski definition) is 1. The monoisotopic (exact) mass is 264 g/mol. The van der Waals surface area contributed by atoms with Gasteiger partial charge in [0.2, 0.25) is 0 Å². The second kappa shape index (κ2) is 5.73. The minimum Gasteiger partial charge on any atom is -0.308 e. The molecule has 1 unspecified atom stereocenters. The molecule has 0 aromatic rings. The summed E-state index contributed by atoms with van der Waals surface area (Å²) < 4.78 is 0. The largest absolute Gasteiger partial charge is 0.308 e. The van der Waals surface area contributed by atoms with Crippen molar-refractivity contribution < 1.29 is 0 Å². The predicted molar refractivity (Wildman–Crippen MR) is 81.4 cm³/mol. The SMILES string of the molecule is CC(C)N1CC2(CCCC2)NCC1C1CCCCC1. The normalized spacial score (nSPS) is 33.3. The second-order valence-corrected chi connectivity index (χ2v) is 7.60. The minimum absolute atomic E-state index is 0.482. The molecule has 1 spiro atoms. The van der Waals surface area contributed by atoms with Gasteiger partial charge in [0.1, 0.15) is 0 Å². The van der Waals surface area contributed by atoms with Crippen LogP contribution in [0.5, 0.6) is 0 Å². The average molecular weight is 264 g/mol. The molecular formula is C17H32N2. The lowest BCUT2D eigenvalue weighted by atomic mass is 9.80. The fraction of sp³-hybridized carbons (Fsp3) is 1.00. The van der Waals surface area contributed by atoms with Gasteiger partial charge in [0.25, 0.3) is 0 Å². The smallest absolute Gasteiger partial charge is 0.0309 e. The first-order valence-electron chi connectivity index (χ1n) is 8.71. The lowest BCUT2D eigenvalue weighted by Gasteiger charge is -2.51. The molecule has 3 aliphatic rings. The molecule has 110 valence electrons. The van der Waals surface area contributed by atoms with Crippen molar-refractivity contribution in [3.05, 3.63) is 0 Å². The molecule has 2 saturated carbocycles. The third-order valence-corrected chi connectivity index (χ3v) is 6.02. The van der Waals surface area contributed by atoms with E-state index in [9.17, 15) is 0 Å². The van der Waals surface area contributed by atoms with Gasteiger partial charge in [-0.2, -0.15) is 0 Å². The van der Waals surface area contributed by atoms with Gasteiger partial charge in [-0.05, 0) is 45.4 Å². The molecule has 0 aromatic carbocycles. The zero-order valence-corrected chi connectivity index (χ0v) is 13.0. The maximum atomic E-state index is 3.99. The van der Waals surface area contributed by atoms with Crippen molar-refractivity contribution in [3.8, 4) is 0 Å². The molecular weight excluding hydrogens is 232 g/mol. The topological polar surface area (TPSA) is 15.3 Å². The summed E-state index contributed by atoms with van der Waals surface area (Å²) in [6.07, 6.45) is 13.1. The van der Waals surface area contributed by atoms with Gasteiger partial charge in [-0.3, -0.25) is 4.90 Å². The number of piperazine rings is 1. The van der Waals surface area contributed by atoms with Crippen LogP contribution >= 0.6 is 0 Å². The molecule has 1 aliphatic heterocycles. The Morgan fingerprint density at radius 1 is 1.00 bits per heavy atom. The molecule has 1 atom stereocenters. The maximum Gasteiger partial charge on any atom is 0.0309 e. The Bertz CT molecular complexity index is 288. The molecule has 19 heavy (non-hydrogen) atoms. The van der Waals surface area contributed by atoms with E-state index in [-0.39, 0.29) is 0 Å². The van der Waals surface area contributed by atoms with E-state index in [0.717, 1.165) is 12.0 Å². The average Bonchev–Trinajstić information content (AvgIpc) is 2.88. The van der Waals surface area contributed by atoms with Crippen molar-refractivity contribution in [3.63, 3.8) is 0 Å². The molecule has 1 N–H and O–H groups in total.